The van der Waals surface area contributed by atoms with Gasteiger partial charge in [0, 0.05) is 29.3 Å². The summed E-state index contributed by atoms with van der Waals surface area (Å²) in [6.07, 6.45) is 3.21. The Balaban J connectivity index is 2.06. The summed E-state index contributed by atoms with van der Waals surface area (Å²) in [5.41, 5.74) is 1.93. The first-order valence-electron chi connectivity index (χ1n) is 8.36. The molecule has 0 saturated carbocycles. The normalized spacial score (nSPS) is 14.9. The Bertz CT molecular complexity index is 891. The number of aliphatic hydroxyl groups excluding tert-OH is 1. The zero-order chi connectivity index (χ0) is 18.7. The highest BCUT2D eigenvalue weighted by atomic mass is 35.5. The minimum Gasteiger partial charge on any atom is -0.462 e. The van der Waals surface area contributed by atoms with Crippen molar-refractivity contribution >= 4 is 23.4 Å². The smallest absolute Gasteiger partial charge is 0.340 e. The van der Waals surface area contributed by atoms with Gasteiger partial charge in [-0.25, -0.2) is 4.79 Å². The summed E-state index contributed by atoms with van der Waals surface area (Å²) in [4.78, 5) is 28.4. The number of carbonyl (C=O) groups excluding carboxylic acids is 2. The van der Waals surface area contributed by atoms with Gasteiger partial charge in [-0.15, -0.1) is 0 Å². The predicted molar refractivity (Wildman–Crippen MR) is 97.9 cm³/mol. The highest BCUT2D eigenvalue weighted by Gasteiger charge is 2.27. The van der Waals surface area contributed by atoms with Crippen molar-refractivity contribution in [1.82, 2.24) is 4.98 Å². The van der Waals surface area contributed by atoms with Gasteiger partial charge in [0.1, 0.15) is 6.10 Å². The van der Waals surface area contributed by atoms with Gasteiger partial charge >= 0.3 is 5.97 Å². The lowest BCUT2D eigenvalue weighted by Gasteiger charge is -2.16. The molecule has 0 radical (unpaired) electrons. The Morgan fingerprint density at radius 3 is 2.85 bits per heavy atom. The summed E-state index contributed by atoms with van der Waals surface area (Å²) >= 11 is 6.53. The molecule has 1 atom stereocenters. The molecular formula is C20H18ClNO4. The number of esters is 1. The van der Waals surface area contributed by atoms with Crippen molar-refractivity contribution in [2.45, 2.75) is 25.9 Å². The van der Waals surface area contributed by atoms with Crippen LogP contribution in [0.15, 0.2) is 48.2 Å². The highest BCUT2D eigenvalue weighted by Crippen LogP contribution is 2.38. The molecule has 1 aliphatic rings. The first-order chi connectivity index (χ1) is 12.5. The lowest BCUT2D eigenvalue weighted by atomic mass is 9.96. The first-order valence-corrected chi connectivity index (χ1v) is 8.74. The van der Waals surface area contributed by atoms with Crippen molar-refractivity contribution in [3.63, 3.8) is 0 Å². The van der Waals surface area contributed by atoms with E-state index in [-0.39, 0.29) is 17.4 Å². The molecule has 1 aromatic heterocycles. The van der Waals surface area contributed by atoms with Gasteiger partial charge in [-0.3, -0.25) is 9.78 Å². The zero-order valence-electron chi connectivity index (χ0n) is 14.2. The van der Waals surface area contributed by atoms with Crippen LogP contribution in [0, 0.1) is 0 Å². The van der Waals surface area contributed by atoms with E-state index in [2.05, 4.69) is 4.98 Å². The lowest BCUT2D eigenvalue weighted by Crippen LogP contribution is -2.10. The number of carbonyl (C=O) groups is 2. The van der Waals surface area contributed by atoms with E-state index < -0.39 is 12.1 Å². The topological polar surface area (TPSA) is 76.5 Å². The maximum absolute atomic E-state index is 12.2. The van der Waals surface area contributed by atoms with Crippen molar-refractivity contribution in [1.29, 1.82) is 0 Å². The summed E-state index contributed by atoms with van der Waals surface area (Å²) in [5.74, 6) is -0.574. The summed E-state index contributed by atoms with van der Waals surface area (Å²) < 4.78 is 5.08. The average molecular weight is 372 g/mol. The molecule has 0 bridgehead atoms. The number of pyridine rings is 1. The van der Waals surface area contributed by atoms with Gasteiger partial charge in [0.05, 0.1) is 22.9 Å². The van der Waals surface area contributed by atoms with Crippen molar-refractivity contribution in [3.8, 4) is 11.3 Å². The number of rotatable bonds is 5. The largest absolute Gasteiger partial charge is 0.462 e. The second kappa shape index (κ2) is 7.81. The molecule has 1 N–H and O–H groups in total. The summed E-state index contributed by atoms with van der Waals surface area (Å²) in [7, 11) is 0. The second-order valence-corrected chi connectivity index (χ2v) is 6.23. The summed E-state index contributed by atoms with van der Waals surface area (Å²) in [6, 6.07) is 8.35. The van der Waals surface area contributed by atoms with Crippen LogP contribution in [0.5, 0.6) is 0 Å². The van der Waals surface area contributed by atoms with E-state index in [1.165, 1.54) is 0 Å². The van der Waals surface area contributed by atoms with Gasteiger partial charge in [0.15, 0.2) is 5.78 Å². The fourth-order valence-corrected chi connectivity index (χ4v) is 3.30. The van der Waals surface area contributed by atoms with Crippen molar-refractivity contribution in [2.24, 2.45) is 0 Å². The molecule has 3 rings (SSSR count). The van der Waals surface area contributed by atoms with Crippen LogP contribution in [0.25, 0.3) is 11.3 Å². The Kier molecular flexibility index (Phi) is 5.49. The van der Waals surface area contributed by atoms with Gasteiger partial charge in [0.25, 0.3) is 0 Å². The molecule has 1 unspecified atom stereocenters. The molecule has 0 aliphatic heterocycles. The third-order valence-electron chi connectivity index (χ3n) is 4.23. The van der Waals surface area contributed by atoms with Crippen LogP contribution in [0.2, 0.25) is 5.02 Å². The van der Waals surface area contributed by atoms with E-state index in [9.17, 15) is 14.7 Å². The fraction of sp³-hybridized carbons (Fsp3) is 0.250. The lowest BCUT2D eigenvalue weighted by molar-refractivity contribution is -0.115. The quantitative estimate of drug-likeness (QED) is 0.806. The molecule has 134 valence electrons. The van der Waals surface area contributed by atoms with Crippen LogP contribution in [-0.4, -0.2) is 28.4 Å². The number of hydrogen-bond donors (Lipinski definition) is 1. The monoisotopic (exact) mass is 371 g/mol. The summed E-state index contributed by atoms with van der Waals surface area (Å²) in [6.45, 7) is 1.97. The molecule has 1 heterocycles. The molecule has 1 aromatic carbocycles. The van der Waals surface area contributed by atoms with E-state index in [1.807, 2.05) is 0 Å². The van der Waals surface area contributed by atoms with Gasteiger partial charge in [-0.1, -0.05) is 35.9 Å². The number of aromatic nitrogens is 1. The SMILES string of the molecule is CCOC(=O)c1cccnc1-c1cccc(C(O)C2=CCCC2=O)c1Cl. The van der Waals surface area contributed by atoms with E-state index >= 15 is 0 Å². The second-order valence-electron chi connectivity index (χ2n) is 5.85. The molecule has 0 spiro atoms. The van der Waals surface area contributed by atoms with Gasteiger partial charge in [0.2, 0.25) is 0 Å². The Morgan fingerprint density at radius 2 is 2.15 bits per heavy atom. The van der Waals surface area contributed by atoms with Crippen LogP contribution >= 0.6 is 11.6 Å². The molecule has 2 aromatic rings. The van der Waals surface area contributed by atoms with Crippen molar-refractivity contribution in [3.05, 3.63) is 64.3 Å². The minimum absolute atomic E-state index is 0.0796. The molecule has 26 heavy (non-hydrogen) atoms. The average Bonchev–Trinajstić information content (AvgIpc) is 3.07. The number of ketones is 1. The minimum atomic E-state index is -1.10. The number of allylic oxidation sites excluding steroid dienone is 1. The molecule has 0 amide bonds. The van der Waals surface area contributed by atoms with Crippen molar-refractivity contribution < 1.29 is 19.4 Å². The van der Waals surface area contributed by atoms with Crippen LogP contribution in [0.1, 0.15) is 41.8 Å². The molecule has 6 heteroatoms. The molecular weight excluding hydrogens is 354 g/mol. The zero-order valence-corrected chi connectivity index (χ0v) is 15.0. The van der Waals surface area contributed by atoms with E-state index in [1.54, 1.807) is 49.5 Å². The maximum atomic E-state index is 12.2. The molecule has 1 aliphatic carbocycles. The summed E-state index contributed by atoms with van der Waals surface area (Å²) in [5, 5.41) is 10.9. The standard InChI is InChI=1S/C20H18ClNO4/c1-2-26-20(25)15-9-5-11-22-18(15)13-7-3-8-14(17(13)21)19(24)12-6-4-10-16(12)23/h3,5-9,11,19,24H,2,4,10H2,1H3. The van der Waals surface area contributed by atoms with E-state index in [0.29, 0.717) is 40.8 Å². The Labute approximate surface area is 156 Å². The van der Waals surface area contributed by atoms with Crippen LogP contribution in [0.4, 0.5) is 0 Å². The van der Waals surface area contributed by atoms with Gasteiger partial charge < -0.3 is 9.84 Å². The number of aliphatic hydroxyl groups is 1. The van der Waals surface area contributed by atoms with E-state index in [4.69, 9.17) is 16.3 Å². The van der Waals surface area contributed by atoms with Crippen molar-refractivity contribution in [2.75, 3.05) is 6.61 Å². The highest BCUT2D eigenvalue weighted by molar-refractivity contribution is 6.34. The number of nitrogens with zero attached hydrogens (tertiary/aromatic N) is 1. The first kappa shape index (κ1) is 18.3. The number of benzene rings is 1. The molecule has 0 saturated heterocycles. The number of hydrogen-bond acceptors (Lipinski definition) is 5. The Hall–Kier alpha value is -2.50. The van der Waals surface area contributed by atoms with E-state index in [0.717, 1.165) is 0 Å². The van der Waals surface area contributed by atoms with Crippen LogP contribution in [0.3, 0.4) is 0 Å². The van der Waals surface area contributed by atoms with Crippen LogP contribution < -0.4 is 0 Å². The third kappa shape index (κ3) is 3.41. The maximum Gasteiger partial charge on any atom is 0.340 e. The number of halogens is 1. The van der Waals surface area contributed by atoms with Gasteiger partial charge in [-0.2, -0.15) is 0 Å². The molecule has 5 nitrogen and oxygen atoms in total. The number of ether oxygens (including phenoxy) is 1. The van der Waals surface area contributed by atoms with Crippen LogP contribution in [-0.2, 0) is 9.53 Å². The number of Topliss-reactive ketones (excluding diaryl/α,β-unsaturated/α-hetero) is 1. The molecule has 0 fully saturated rings. The fourth-order valence-electron chi connectivity index (χ4n) is 2.99. The third-order valence-corrected chi connectivity index (χ3v) is 4.66. The van der Waals surface area contributed by atoms with Gasteiger partial charge in [-0.05, 0) is 25.5 Å². The Morgan fingerprint density at radius 1 is 1.35 bits per heavy atom. The predicted octanol–water partition coefficient (Wildman–Crippen LogP) is 3.90.